The molecule has 96 valence electrons. The van der Waals surface area contributed by atoms with Gasteiger partial charge in [-0.05, 0) is 6.07 Å². The number of halogens is 3. The average molecular weight is 260 g/mol. The lowest BCUT2D eigenvalue weighted by molar-refractivity contribution is -0.115. The van der Waals surface area contributed by atoms with Gasteiger partial charge in [-0.1, -0.05) is 0 Å². The monoisotopic (exact) mass is 260 g/mol. The van der Waals surface area contributed by atoms with Gasteiger partial charge in [-0.3, -0.25) is 9.89 Å². The summed E-state index contributed by atoms with van der Waals surface area (Å²) in [6.07, 6.45) is -4.35. The van der Waals surface area contributed by atoms with E-state index in [-0.39, 0.29) is 17.5 Å². The lowest BCUT2D eigenvalue weighted by Crippen LogP contribution is -2.21. The van der Waals surface area contributed by atoms with E-state index >= 15 is 0 Å². The zero-order chi connectivity index (χ0) is 13.2. The van der Waals surface area contributed by atoms with Crippen molar-refractivity contribution in [3.63, 3.8) is 0 Å². The van der Waals surface area contributed by atoms with Crippen LogP contribution in [0.1, 0.15) is 0 Å². The number of hydrogen-bond acceptors (Lipinski definition) is 5. The molecule has 0 aliphatic carbocycles. The highest BCUT2D eigenvalue weighted by Gasteiger charge is 2.27. The summed E-state index contributed by atoms with van der Waals surface area (Å²) in [6.45, 7) is -1.23. The highest BCUT2D eigenvalue weighted by molar-refractivity contribution is 5.49. The molecule has 0 aromatic carbocycles. The molecule has 2 heterocycles. The van der Waals surface area contributed by atoms with E-state index in [0.717, 1.165) is 0 Å². The lowest BCUT2D eigenvalue weighted by Gasteiger charge is -2.04. The molecule has 2 aromatic rings. The molecule has 3 N–H and O–H groups in total. The fraction of sp³-hybridized carbons (Fsp3) is 0.250. The number of aromatic nitrogens is 5. The van der Waals surface area contributed by atoms with Crippen molar-refractivity contribution in [1.82, 2.24) is 25.4 Å². The van der Waals surface area contributed by atoms with E-state index in [1.165, 1.54) is 12.1 Å². The van der Waals surface area contributed by atoms with Gasteiger partial charge in [-0.15, -0.1) is 5.10 Å². The van der Waals surface area contributed by atoms with E-state index in [0.29, 0.717) is 0 Å². The Bertz CT molecular complexity index is 569. The summed E-state index contributed by atoms with van der Waals surface area (Å²) in [7, 11) is 0. The topological polar surface area (TPSA) is 99.3 Å². The van der Waals surface area contributed by atoms with E-state index in [2.05, 4.69) is 25.4 Å². The van der Waals surface area contributed by atoms with Gasteiger partial charge >= 0.3 is 6.18 Å². The first-order chi connectivity index (χ1) is 8.44. The highest BCUT2D eigenvalue weighted by atomic mass is 19.4. The molecule has 10 heteroatoms. The molecule has 0 aliphatic heterocycles. The second-order valence-electron chi connectivity index (χ2n) is 3.28. The quantitative estimate of drug-likeness (QED) is 0.747. The standard InChI is InChI=1S/C8H7F3N6O/c9-8(10,11)3-12-7-13-6(16-17-7)4-1-2-5(18)15-14-4/h1-2H,3H2,(H,15,18)(H2,12,13,16,17). The third-order valence-corrected chi connectivity index (χ3v) is 1.85. The number of rotatable bonds is 3. The van der Waals surface area contributed by atoms with Crippen LogP contribution in [0.25, 0.3) is 11.5 Å². The van der Waals surface area contributed by atoms with Crippen LogP contribution in [0, 0.1) is 0 Å². The molecule has 18 heavy (non-hydrogen) atoms. The molecule has 0 bridgehead atoms. The van der Waals surface area contributed by atoms with Gasteiger partial charge in [0.1, 0.15) is 12.2 Å². The summed E-state index contributed by atoms with van der Waals surface area (Å²) in [4.78, 5) is 14.5. The van der Waals surface area contributed by atoms with Crippen molar-refractivity contribution >= 4 is 5.95 Å². The molecule has 0 spiro atoms. The van der Waals surface area contributed by atoms with Crippen LogP contribution in [-0.2, 0) is 0 Å². The molecule has 0 saturated heterocycles. The molecule has 0 aliphatic rings. The Labute approximate surface area is 97.5 Å². The molecule has 0 saturated carbocycles. The second-order valence-corrected chi connectivity index (χ2v) is 3.28. The van der Waals surface area contributed by atoms with Crippen molar-refractivity contribution in [3.8, 4) is 11.5 Å². The van der Waals surface area contributed by atoms with Crippen LogP contribution >= 0.6 is 0 Å². The van der Waals surface area contributed by atoms with E-state index in [4.69, 9.17) is 0 Å². The van der Waals surface area contributed by atoms with Gasteiger partial charge in [-0.2, -0.15) is 23.3 Å². The van der Waals surface area contributed by atoms with Gasteiger partial charge in [0.25, 0.3) is 5.56 Å². The van der Waals surface area contributed by atoms with Crippen molar-refractivity contribution in [2.75, 3.05) is 11.9 Å². The molecule has 0 atom stereocenters. The summed E-state index contributed by atoms with van der Waals surface area (Å²) in [6, 6.07) is 2.58. The maximum atomic E-state index is 11.9. The molecule has 2 rings (SSSR count). The maximum absolute atomic E-state index is 11.9. The predicted molar refractivity (Wildman–Crippen MR) is 54.8 cm³/mol. The first-order valence-corrected chi connectivity index (χ1v) is 4.73. The van der Waals surface area contributed by atoms with Crippen LogP contribution in [0.15, 0.2) is 16.9 Å². The van der Waals surface area contributed by atoms with Gasteiger partial charge < -0.3 is 5.32 Å². The average Bonchev–Trinajstić information content (AvgIpc) is 2.75. The number of nitrogens with one attached hydrogen (secondary N) is 3. The Hall–Kier alpha value is -2.39. The van der Waals surface area contributed by atoms with Crippen molar-refractivity contribution in [2.24, 2.45) is 0 Å². The Morgan fingerprint density at radius 2 is 2.00 bits per heavy atom. The Kier molecular flexibility index (Phi) is 3.00. The second kappa shape index (κ2) is 4.47. The number of nitrogens with zero attached hydrogens (tertiary/aromatic N) is 3. The van der Waals surface area contributed by atoms with Gasteiger partial charge in [0.15, 0.2) is 5.82 Å². The largest absolute Gasteiger partial charge is 0.405 e. The van der Waals surface area contributed by atoms with E-state index < -0.39 is 18.3 Å². The summed E-state index contributed by atoms with van der Waals surface area (Å²) in [5.41, 5.74) is -0.129. The first-order valence-electron chi connectivity index (χ1n) is 4.73. The van der Waals surface area contributed by atoms with Crippen LogP contribution in [0.5, 0.6) is 0 Å². The third kappa shape index (κ3) is 3.06. The minimum atomic E-state index is -4.35. The van der Waals surface area contributed by atoms with Gasteiger partial charge in [0.05, 0.1) is 0 Å². The first kappa shape index (κ1) is 12.1. The summed E-state index contributed by atoms with van der Waals surface area (Å²) in [5.74, 6) is -0.0498. The van der Waals surface area contributed by atoms with Crippen LogP contribution < -0.4 is 10.9 Å². The minimum Gasteiger partial charge on any atom is -0.344 e. The Morgan fingerprint density at radius 3 is 2.61 bits per heavy atom. The van der Waals surface area contributed by atoms with Gasteiger partial charge in [0.2, 0.25) is 5.95 Å². The Morgan fingerprint density at radius 1 is 1.22 bits per heavy atom. The zero-order valence-corrected chi connectivity index (χ0v) is 8.75. The number of H-pyrrole nitrogens is 2. The van der Waals surface area contributed by atoms with Crippen molar-refractivity contribution < 1.29 is 13.2 Å². The van der Waals surface area contributed by atoms with E-state index in [1.54, 1.807) is 0 Å². The predicted octanol–water partition coefficient (Wildman–Crippen LogP) is 0.529. The normalized spacial score (nSPS) is 11.5. The molecular weight excluding hydrogens is 253 g/mol. The molecular formula is C8H7F3N6O. The molecule has 7 nitrogen and oxygen atoms in total. The van der Waals surface area contributed by atoms with Gasteiger partial charge in [0, 0.05) is 6.07 Å². The third-order valence-electron chi connectivity index (χ3n) is 1.85. The molecule has 0 unspecified atom stereocenters. The zero-order valence-electron chi connectivity index (χ0n) is 8.75. The van der Waals surface area contributed by atoms with Crippen molar-refractivity contribution in [1.29, 1.82) is 0 Å². The fourth-order valence-corrected chi connectivity index (χ4v) is 1.11. The van der Waals surface area contributed by atoms with Crippen LogP contribution in [0.4, 0.5) is 19.1 Å². The van der Waals surface area contributed by atoms with Crippen molar-refractivity contribution in [2.45, 2.75) is 6.18 Å². The SMILES string of the molecule is O=c1ccc(-c2nc(NCC(F)(F)F)n[nH]2)n[nH]1. The van der Waals surface area contributed by atoms with Crippen LogP contribution in [0.3, 0.4) is 0 Å². The van der Waals surface area contributed by atoms with E-state index in [1.807, 2.05) is 5.32 Å². The number of alkyl halides is 3. The highest BCUT2D eigenvalue weighted by Crippen LogP contribution is 2.16. The van der Waals surface area contributed by atoms with Crippen LogP contribution in [0.2, 0.25) is 0 Å². The molecule has 0 amide bonds. The summed E-state index contributed by atoms with van der Waals surface area (Å²) < 4.78 is 35.8. The smallest absolute Gasteiger partial charge is 0.344 e. The number of hydrogen-bond donors (Lipinski definition) is 3. The van der Waals surface area contributed by atoms with Gasteiger partial charge in [-0.25, -0.2) is 5.10 Å². The van der Waals surface area contributed by atoms with Crippen molar-refractivity contribution in [3.05, 3.63) is 22.5 Å². The molecule has 2 aromatic heterocycles. The summed E-state index contributed by atoms with van der Waals surface area (Å²) in [5, 5.41) is 13.8. The molecule has 0 fully saturated rings. The Balaban J connectivity index is 2.10. The maximum Gasteiger partial charge on any atom is 0.405 e. The van der Waals surface area contributed by atoms with Crippen LogP contribution in [-0.4, -0.2) is 38.1 Å². The molecule has 0 radical (unpaired) electrons. The number of anilines is 1. The minimum absolute atomic E-state index is 0.149. The lowest BCUT2D eigenvalue weighted by atomic mass is 10.4. The number of aromatic amines is 2. The fourth-order valence-electron chi connectivity index (χ4n) is 1.11. The summed E-state index contributed by atoms with van der Waals surface area (Å²) >= 11 is 0. The van der Waals surface area contributed by atoms with E-state index in [9.17, 15) is 18.0 Å².